The molecule has 0 atom stereocenters. The Bertz CT molecular complexity index is 553. The summed E-state index contributed by atoms with van der Waals surface area (Å²) in [5, 5.41) is 6.84. The summed E-state index contributed by atoms with van der Waals surface area (Å²) in [4.78, 5) is 13.8. The average molecular weight is 472 g/mol. The predicted octanol–water partition coefficient (Wildman–Crippen LogP) is 2.45. The van der Waals surface area contributed by atoms with Crippen molar-refractivity contribution in [2.24, 2.45) is 4.99 Å². The van der Waals surface area contributed by atoms with Crippen LogP contribution in [0, 0.1) is 0 Å². The van der Waals surface area contributed by atoms with Crippen LogP contribution in [0.1, 0.15) is 37.7 Å². The fraction of sp³-hybridized carbons (Fsp3) is 0.684. The lowest BCUT2D eigenvalue weighted by Crippen LogP contribution is -2.42. The van der Waals surface area contributed by atoms with Crippen molar-refractivity contribution in [3.05, 3.63) is 23.9 Å². The van der Waals surface area contributed by atoms with Crippen LogP contribution in [-0.2, 0) is 6.54 Å². The van der Waals surface area contributed by atoms with Gasteiger partial charge in [-0.05, 0) is 56.5 Å². The van der Waals surface area contributed by atoms with Crippen LogP contribution < -0.4 is 15.5 Å². The molecule has 6 nitrogen and oxygen atoms in total. The van der Waals surface area contributed by atoms with Gasteiger partial charge in [-0.25, -0.2) is 4.98 Å². The zero-order chi connectivity index (χ0) is 17.3. The van der Waals surface area contributed by atoms with Gasteiger partial charge in [0.15, 0.2) is 5.96 Å². The number of guanidine groups is 1. The highest BCUT2D eigenvalue weighted by Gasteiger charge is 2.13. The summed E-state index contributed by atoms with van der Waals surface area (Å²) in [5.41, 5.74) is 1.25. The molecule has 0 radical (unpaired) electrons. The van der Waals surface area contributed by atoms with Gasteiger partial charge < -0.3 is 20.4 Å². The van der Waals surface area contributed by atoms with Crippen LogP contribution in [0.3, 0.4) is 0 Å². The van der Waals surface area contributed by atoms with Crippen molar-refractivity contribution in [1.82, 2.24) is 20.5 Å². The van der Waals surface area contributed by atoms with E-state index in [0.29, 0.717) is 0 Å². The van der Waals surface area contributed by atoms with E-state index in [1.54, 1.807) is 0 Å². The molecule has 3 rings (SSSR count). The molecule has 0 unspecified atom stereocenters. The molecule has 0 aromatic carbocycles. The molecule has 146 valence electrons. The molecule has 26 heavy (non-hydrogen) atoms. The van der Waals surface area contributed by atoms with E-state index in [9.17, 15) is 0 Å². The number of piperidine rings is 1. The minimum absolute atomic E-state index is 0. The van der Waals surface area contributed by atoms with Crippen molar-refractivity contribution in [2.75, 3.05) is 51.2 Å². The van der Waals surface area contributed by atoms with Gasteiger partial charge in [-0.2, -0.15) is 0 Å². The summed E-state index contributed by atoms with van der Waals surface area (Å²) < 4.78 is 0. The number of hydrogen-bond acceptors (Lipinski definition) is 4. The number of pyridine rings is 1. The Labute approximate surface area is 174 Å². The van der Waals surface area contributed by atoms with Gasteiger partial charge in [-0.1, -0.05) is 6.42 Å². The Hall–Kier alpha value is -1.09. The number of aliphatic imine (C=N–C) groups is 1. The van der Waals surface area contributed by atoms with Crippen molar-refractivity contribution in [1.29, 1.82) is 0 Å². The van der Waals surface area contributed by atoms with Gasteiger partial charge in [-0.15, -0.1) is 24.0 Å². The molecule has 7 heteroatoms. The number of hydrogen-bond donors (Lipinski definition) is 2. The summed E-state index contributed by atoms with van der Waals surface area (Å²) >= 11 is 0. The number of halogens is 1. The Morgan fingerprint density at radius 3 is 2.54 bits per heavy atom. The van der Waals surface area contributed by atoms with Crippen LogP contribution >= 0.6 is 24.0 Å². The van der Waals surface area contributed by atoms with E-state index in [1.165, 1.54) is 50.8 Å². The van der Waals surface area contributed by atoms with Gasteiger partial charge in [-0.3, -0.25) is 4.99 Å². The first-order valence-corrected chi connectivity index (χ1v) is 9.72. The zero-order valence-corrected chi connectivity index (χ0v) is 18.2. The molecular formula is C19H33IN6. The van der Waals surface area contributed by atoms with Crippen LogP contribution in [0.25, 0.3) is 0 Å². The summed E-state index contributed by atoms with van der Waals surface area (Å²) in [6.07, 6.45) is 8.54. The molecule has 3 heterocycles. The fourth-order valence-electron chi connectivity index (χ4n) is 3.61. The van der Waals surface area contributed by atoms with Gasteiger partial charge >= 0.3 is 0 Å². The SMILES string of the molecule is CN=C(NCCN1CCCCC1)NCc1ccnc(N2CCCC2)c1.I. The van der Waals surface area contributed by atoms with Gasteiger partial charge in [0.2, 0.25) is 0 Å². The second-order valence-electron chi connectivity index (χ2n) is 6.97. The predicted molar refractivity (Wildman–Crippen MR) is 120 cm³/mol. The molecular weight excluding hydrogens is 439 g/mol. The van der Waals surface area contributed by atoms with Crippen LogP contribution in [0.4, 0.5) is 5.82 Å². The smallest absolute Gasteiger partial charge is 0.191 e. The maximum Gasteiger partial charge on any atom is 0.191 e. The van der Waals surface area contributed by atoms with E-state index in [2.05, 4.69) is 42.5 Å². The molecule has 0 spiro atoms. The van der Waals surface area contributed by atoms with E-state index >= 15 is 0 Å². The molecule has 0 bridgehead atoms. The lowest BCUT2D eigenvalue weighted by Gasteiger charge is -2.26. The van der Waals surface area contributed by atoms with Crippen LogP contribution in [0.5, 0.6) is 0 Å². The fourth-order valence-corrected chi connectivity index (χ4v) is 3.61. The number of anilines is 1. The van der Waals surface area contributed by atoms with Gasteiger partial charge in [0.25, 0.3) is 0 Å². The molecule has 0 aliphatic carbocycles. The Morgan fingerprint density at radius 2 is 1.81 bits per heavy atom. The average Bonchev–Trinajstić information content (AvgIpc) is 3.20. The largest absolute Gasteiger partial charge is 0.357 e. The van der Waals surface area contributed by atoms with Crippen LogP contribution in [-0.4, -0.2) is 62.2 Å². The van der Waals surface area contributed by atoms with Crippen molar-refractivity contribution >= 4 is 35.8 Å². The molecule has 1 aromatic rings. The molecule has 2 saturated heterocycles. The quantitative estimate of drug-likeness (QED) is 0.379. The first kappa shape index (κ1) is 21.2. The monoisotopic (exact) mass is 472 g/mol. The highest BCUT2D eigenvalue weighted by Crippen LogP contribution is 2.18. The Kier molecular flexibility index (Phi) is 9.45. The second kappa shape index (κ2) is 11.6. The Balaban J connectivity index is 0.00000243. The molecule has 0 saturated carbocycles. The van der Waals surface area contributed by atoms with Crippen molar-refractivity contribution in [2.45, 2.75) is 38.6 Å². The highest BCUT2D eigenvalue weighted by atomic mass is 127. The first-order valence-electron chi connectivity index (χ1n) is 9.72. The third-order valence-electron chi connectivity index (χ3n) is 5.09. The van der Waals surface area contributed by atoms with Crippen LogP contribution in [0.2, 0.25) is 0 Å². The molecule has 2 N–H and O–H groups in total. The standard InChI is InChI=1S/C19H32N6.HI/c1-20-19(22-9-14-24-10-3-2-4-11-24)23-16-17-7-8-21-18(15-17)25-12-5-6-13-25;/h7-8,15H,2-6,9-14,16H2,1H3,(H2,20,22,23);1H. The minimum atomic E-state index is 0. The maximum atomic E-state index is 4.52. The van der Waals surface area contributed by atoms with E-state index in [-0.39, 0.29) is 24.0 Å². The Morgan fingerprint density at radius 1 is 1.08 bits per heavy atom. The van der Waals surface area contributed by atoms with E-state index in [1.807, 2.05) is 13.2 Å². The number of nitrogens with one attached hydrogen (secondary N) is 2. The van der Waals surface area contributed by atoms with Gasteiger partial charge in [0, 0.05) is 46.0 Å². The molecule has 2 fully saturated rings. The van der Waals surface area contributed by atoms with Crippen molar-refractivity contribution < 1.29 is 0 Å². The van der Waals surface area contributed by atoms with Gasteiger partial charge in [0.05, 0.1) is 0 Å². The number of rotatable bonds is 6. The highest BCUT2D eigenvalue weighted by molar-refractivity contribution is 14.0. The second-order valence-corrected chi connectivity index (χ2v) is 6.97. The summed E-state index contributed by atoms with van der Waals surface area (Å²) in [7, 11) is 1.83. The summed E-state index contributed by atoms with van der Waals surface area (Å²) in [6.45, 7) is 7.54. The number of likely N-dealkylation sites (tertiary alicyclic amines) is 1. The lowest BCUT2D eigenvalue weighted by molar-refractivity contribution is 0.232. The van der Waals surface area contributed by atoms with Gasteiger partial charge in [0.1, 0.15) is 5.82 Å². The lowest BCUT2D eigenvalue weighted by atomic mass is 10.1. The molecule has 1 aromatic heterocycles. The third-order valence-corrected chi connectivity index (χ3v) is 5.09. The van der Waals surface area contributed by atoms with E-state index < -0.39 is 0 Å². The van der Waals surface area contributed by atoms with Crippen LogP contribution in [0.15, 0.2) is 23.3 Å². The molecule has 0 amide bonds. The van der Waals surface area contributed by atoms with Crippen molar-refractivity contribution in [3.63, 3.8) is 0 Å². The number of nitrogens with zero attached hydrogens (tertiary/aromatic N) is 4. The minimum Gasteiger partial charge on any atom is -0.357 e. The first-order chi connectivity index (χ1) is 12.3. The zero-order valence-electron chi connectivity index (χ0n) is 15.9. The van der Waals surface area contributed by atoms with Crippen molar-refractivity contribution in [3.8, 4) is 0 Å². The number of aromatic nitrogens is 1. The topological polar surface area (TPSA) is 55.8 Å². The van der Waals surface area contributed by atoms with E-state index in [4.69, 9.17) is 0 Å². The summed E-state index contributed by atoms with van der Waals surface area (Å²) in [5.74, 6) is 1.97. The maximum absolute atomic E-state index is 4.52. The van der Waals surface area contributed by atoms with E-state index in [0.717, 1.165) is 44.5 Å². The molecule has 2 aliphatic heterocycles. The summed E-state index contributed by atoms with van der Waals surface area (Å²) in [6, 6.07) is 4.27. The normalized spacial score (nSPS) is 18.5. The molecule has 2 aliphatic rings. The third kappa shape index (κ3) is 6.57.